The van der Waals surface area contributed by atoms with Crippen LogP contribution < -0.4 is 4.90 Å². The first-order valence-corrected chi connectivity index (χ1v) is 9.52. The van der Waals surface area contributed by atoms with Gasteiger partial charge in [0.1, 0.15) is 6.17 Å². The Kier molecular flexibility index (Phi) is 4.06. The molecule has 0 bridgehead atoms. The van der Waals surface area contributed by atoms with Crippen molar-refractivity contribution in [1.29, 1.82) is 0 Å². The second-order valence-corrected chi connectivity index (χ2v) is 7.02. The maximum atomic E-state index is 4.96. The summed E-state index contributed by atoms with van der Waals surface area (Å²) in [5, 5.41) is 9.47. The zero-order valence-electron chi connectivity index (χ0n) is 15.7. The lowest BCUT2D eigenvalue weighted by Crippen LogP contribution is -2.34. The summed E-state index contributed by atoms with van der Waals surface area (Å²) >= 11 is 0. The number of amidine groups is 1. The van der Waals surface area contributed by atoms with E-state index in [1.807, 2.05) is 13.1 Å². The van der Waals surface area contributed by atoms with E-state index in [4.69, 9.17) is 5.10 Å². The second kappa shape index (κ2) is 6.86. The standard InChI is InChI=1S/C25H21N3/c1-27-25(21-14-6-3-7-15-21)28(24(26-27)20-12-4-2-5-13-20)23-18-10-16-19-11-8-9-17-22(19)23/h2-18,25H,1H3. The lowest BCUT2D eigenvalue weighted by Gasteiger charge is -2.31. The maximum Gasteiger partial charge on any atom is 0.162 e. The molecule has 4 aromatic carbocycles. The number of hydrogen-bond donors (Lipinski definition) is 0. The number of anilines is 1. The van der Waals surface area contributed by atoms with Gasteiger partial charge in [-0.25, -0.2) is 0 Å². The van der Waals surface area contributed by atoms with E-state index in [0.29, 0.717) is 0 Å². The molecule has 0 fully saturated rings. The van der Waals surface area contributed by atoms with Crippen LogP contribution in [-0.2, 0) is 0 Å². The highest BCUT2D eigenvalue weighted by Gasteiger charge is 2.35. The Labute approximate surface area is 165 Å². The Morgan fingerprint density at radius 3 is 2.11 bits per heavy atom. The molecular weight excluding hydrogens is 342 g/mol. The van der Waals surface area contributed by atoms with E-state index in [-0.39, 0.29) is 6.17 Å². The molecule has 28 heavy (non-hydrogen) atoms. The highest BCUT2D eigenvalue weighted by molar-refractivity contribution is 6.14. The van der Waals surface area contributed by atoms with Crippen molar-refractivity contribution in [2.75, 3.05) is 11.9 Å². The molecule has 1 atom stereocenters. The monoisotopic (exact) mass is 363 g/mol. The lowest BCUT2D eigenvalue weighted by molar-refractivity contribution is 0.291. The molecule has 0 radical (unpaired) electrons. The van der Waals surface area contributed by atoms with Gasteiger partial charge in [-0.3, -0.25) is 9.91 Å². The summed E-state index contributed by atoms with van der Waals surface area (Å²) in [5.41, 5.74) is 3.49. The van der Waals surface area contributed by atoms with Crippen molar-refractivity contribution in [3.05, 3.63) is 114 Å². The van der Waals surface area contributed by atoms with Gasteiger partial charge in [0.2, 0.25) is 0 Å². The smallest absolute Gasteiger partial charge is 0.162 e. The third-order valence-electron chi connectivity index (χ3n) is 5.24. The van der Waals surface area contributed by atoms with Crippen molar-refractivity contribution in [2.24, 2.45) is 5.10 Å². The molecule has 1 heterocycles. The fraction of sp³-hybridized carbons (Fsp3) is 0.0800. The minimum absolute atomic E-state index is 0.00205. The van der Waals surface area contributed by atoms with Crippen molar-refractivity contribution >= 4 is 22.3 Å². The van der Waals surface area contributed by atoms with Gasteiger partial charge >= 0.3 is 0 Å². The summed E-state index contributed by atoms with van der Waals surface area (Å²) < 4.78 is 0. The number of benzene rings is 4. The van der Waals surface area contributed by atoms with E-state index in [0.717, 1.165) is 11.4 Å². The van der Waals surface area contributed by atoms with Crippen molar-refractivity contribution in [2.45, 2.75) is 6.17 Å². The average molecular weight is 363 g/mol. The van der Waals surface area contributed by atoms with Crippen LogP contribution in [-0.4, -0.2) is 17.9 Å². The minimum Gasteiger partial charge on any atom is -0.297 e. The first-order valence-electron chi connectivity index (χ1n) is 9.52. The molecule has 3 nitrogen and oxygen atoms in total. The van der Waals surface area contributed by atoms with Gasteiger partial charge in [-0.05, 0) is 17.0 Å². The zero-order valence-corrected chi connectivity index (χ0v) is 15.7. The summed E-state index contributed by atoms with van der Waals surface area (Å²) in [4.78, 5) is 2.35. The van der Waals surface area contributed by atoms with E-state index < -0.39 is 0 Å². The summed E-state index contributed by atoms with van der Waals surface area (Å²) in [6.45, 7) is 0. The van der Waals surface area contributed by atoms with Crippen LogP contribution >= 0.6 is 0 Å². The quantitative estimate of drug-likeness (QED) is 0.468. The molecule has 0 saturated carbocycles. The Bertz CT molecular complexity index is 1130. The van der Waals surface area contributed by atoms with Crippen LogP contribution in [0.3, 0.4) is 0 Å². The van der Waals surface area contributed by atoms with E-state index in [1.165, 1.54) is 22.0 Å². The van der Waals surface area contributed by atoms with Gasteiger partial charge in [0.25, 0.3) is 0 Å². The Hall–Kier alpha value is -3.59. The molecule has 0 spiro atoms. The Balaban J connectivity index is 1.74. The first-order chi connectivity index (χ1) is 13.8. The van der Waals surface area contributed by atoms with Crippen LogP contribution in [0, 0.1) is 0 Å². The number of hydrazone groups is 1. The molecular formula is C25H21N3. The highest BCUT2D eigenvalue weighted by atomic mass is 15.6. The molecule has 0 N–H and O–H groups in total. The fourth-order valence-electron chi connectivity index (χ4n) is 3.97. The molecule has 1 aliphatic rings. The Morgan fingerprint density at radius 1 is 0.679 bits per heavy atom. The van der Waals surface area contributed by atoms with Gasteiger partial charge in [-0.2, -0.15) is 5.10 Å². The molecule has 3 heteroatoms. The molecule has 1 unspecified atom stereocenters. The minimum atomic E-state index is 0.00205. The first kappa shape index (κ1) is 16.6. The van der Waals surface area contributed by atoms with Crippen LogP contribution in [0.2, 0.25) is 0 Å². The zero-order chi connectivity index (χ0) is 18.9. The summed E-state index contributed by atoms with van der Waals surface area (Å²) in [5.74, 6) is 0.966. The van der Waals surface area contributed by atoms with Crippen LogP contribution in [0.1, 0.15) is 17.3 Å². The molecule has 4 aromatic rings. The van der Waals surface area contributed by atoms with Crippen molar-refractivity contribution in [3.8, 4) is 0 Å². The third-order valence-corrected chi connectivity index (χ3v) is 5.24. The topological polar surface area (TPSA) is 18.8 Å². The lowest BCUT2D eigenvalue weighted by atomic mass is 10.0. The van der Waals surface area contributed by atoms with Gasteiger partial charge in [0.15, 0.2) is 5.84 Å². The highest BCUT2D eigenvalue weighted by Crippen LogP contribution is 2.39. The average Bonchev–Trinajstić information content (AvgIpc) is 3.11. The number of fused-ring (bicyclic) bond motifs is 1. The van der Waals surface area contributed by atoms with Crippen LogP contribution in [0.5, 0.6) is 0 Å². The molecule has 136 valence electrons. The molecule has 0 saturated heterocycles. The number of hydrogen-bond acceptors (Lipinski definition) is 3. The molecule has 5 rings (SSSR count). The van der Waals surface area contributed by atoms with E-state index in [2.05, 4.69) is 107 Å². The number of nitrogens with zero attached hydrogens (tertiary/aromatic N) is 3. The second-order valence-electron chi connectivity index (χ2n) is 7.02. The normalized spacial score (nSPS) is 16.5. The van der Waals surface area contributed by atoms with E-state index >= 15 is 0 Å². The van der Waals surface area contributed by atoms with Crippen LogP contribution in [0.15, 0.2) is 108 Å². The molecule has 0 aliphatic carbocycles. The SMILES string of the molecule is CN1N=C(c2ccccc2)N(c2cccc3ccccc23)C1c1ccccc1. The van der Waals surface area contributed by atoms with E-state index in [9.17, 15) is 0 Å². The van der Waals surface area contributed by atoms with E-state index in [1.54, 1.807) is 0 Å². The third kappa shape index (κ3) is 2.72. The summed E-state index contributed by atoms with van der Waals surface area (Å²) in [6.07, 6.45) is 0.00205. The van der Waals surface area contributed by atoms with Gasteiger partial charge in [-0.15, -0.1) is 0 Å². The van der Waals surface area contributed by atoms with Gasteiger partial charge in [0, 0.05) is 18.0 Å². The number of rotatable bonds is 3. The fourth-order valence-corrected chi connectivity index (χ4v) is 3.97. The van der Waals surface area contributed by atoms with Crippen LogP contribution in [0.4, 0.5) is 5.69 Å². The van der Waals surface area contributed by atoms with Gasteiger partial charge in [0.05, 0.1) is 5.69 Å². The van der Waals surface area contributed by atoms with Crippen molar-refractivity contribution in [3.63, 3.8) is 0 Å². The predicted molar refractivity (Wildman–Crippen MR) is 116 cm³/mol. The van der Waals surface area contributed by atoms with Crippen molar-refractivity contribution in [1.82, 2.24) is 5.01 Å². The predicted octanol–water partition coefficient (Wildman–Crippen LogP) is 5.65. The molecule has 0 aromatic heterocycles. The molecule has 0 amide bonds. The maximum absolute atomic E-state index is 4.96. The van der Waals surface area contributed by atoms with Crippen molar-refractivity contribution < 1.29 is 0 Å². The summed E-state index contributed by atoms with van der Waals surface area (Å²) in [6, 6.07) is 36.0. The van der Waals surface area contributed by atoms with Crippen LogP contribution in [0.25, 0.3) is 10.8 Å². The Morgan fingerprint density at radius 2 is 1.32 bits per heavy atom. The van der Waals surface area contributed by atoms with Gasteiger partial charge < -0.3 is 0 Å². The van der Waals surface area contributed by atoms with Gasteiger partial charge in [-0.1, -0.05) is 97.1 Å². The molecule has 1 aliphatic heterocycles. The largest absolute Gasteiger partial charge is 0.297 e. The summed E-state index contributed by atoms with van der Waals surface area (Å²) in [7, 11) is 2.05.